The number of hydrogen-bond donors (Lipinski definition) is 3. The fourth-order valence-electron chi connectivity index (χ4n) is 1.56. The Balaban J connectivity index is 2.63. The number of carbonyl (C=O) groups is 2. The topological polar surface area (TPSA) is 78.4 Å². The smallest absolute Gasteiger partial charge is 0.313 e. The zero-order valence-electron chi connectivity index (χ0n) is 11.0. The van der Waals surface area contributed by atoms with Crippen LogP contribution in [0.5, 0.6) is 0 Å². The van der Waals surface area contributed by atoms with Crippen LogP contribution in [0.4, 0.5) is 10.1 Å². The third-order valence-corrected chi connectivity index (χ3v) is 2.93. The highest BCUT2D eigenvalue weighted by atomic mass is 35.5. The molecule has 5 nitrogen and oxygen atoms in total. The number of amides is 2. The summed E-state index contributed by atoms with van der Waals surface area (Å²) < 4.78 is 13.5. The van der Waals surface area contributed by atoms with Gasteiger partial charge in [-0.3, -0.25) is 9.59 Å². The van der Waals surface area contributed by atoms with Gasteiger partial charge in [0.05, 0.1) is 5.69 Å². The highest BCUT2D eigenvalue weighted by Gasteiger charge is 2.18. The summed E-state index contributed by atoms with van der Waals surface area (Å²) in [5.41, 5.74) is -0.121. The second kappa shape index (κ2) is 7.81. The Hall–Kier alpha value is -1.66. The lowest BCUT2D eigenvalue weighted by molar-refractivity contribution is -0.136. The molecule has 0 aliphatic rings. The number of nitrogens with one attached hydrogen (secondary N) is 2. The van der Waals surface area contributed by atoms with Crippen LogP contribution in [-0.4, -0.2) is 29.6 Å². The van der Waals surface area contributed by atoms with Crippen LogP contribution in [0.2, 0.25) is 5.02 Å². The van der Waals surface area contributed by atoms with Gasteiger partial charge in [-0.25, -0.2) is 4.39 Å². The quantitative estimate of drug-likeness (QED) is 0.724. The number of rotatable bonds is 5. The molecule has 0 aliphatic heterocycles. The zero-order valence-corrected chi connectivity index (χ0v) is 11.7. The van der Waals surface area contributed by atoms with E-state index in [0.717, 1.165) is 6.07 Å². The molecule has 7 heteroatoms. The van der Waals surface area contributed by atoms with Crippen molar-refractivity contribution < 1.29 is 19.1 Å². The van der Waals surface area contributed by atoms with E-state index in [4.69, 9.17) is 16.7 Å². The first-order valence-electron chi connectivity index (χ1n) is 6.15. The molecule has 0 saturated carbocycles. The van der Waals surface area contributed by atoms with Crippen LogP contribution in [0.3, 0.4) is 0 Å². The molecule has 20 heavy (non-hydrogen) atoms. The van der Waals surface area contributed by atoms with Gasteiger partial charge in [0.25, 0.3) is 0 Å². The molecule has 110 valence electrons. The molecule has 0 radical (unpaired) electrons. The van der Waals surface area contributed by atoms with E-state index in [1.807, 2.05) is 6.92 Å². The van der Waals surface area contributed by atoms with Crippen molar-refractivity contribution >= 4 is 29.1 Å². The molecule has 1 rings (SSSR count). The fourth-order valence-corrected chi connectivity index (χ4v) is 1.71. The molecule has 0 fully saturated rings. The molecule has 1 aromatic carbocycles. The maximum Gasteiger partial charge on any atom is 0.313 e. The fraction of sp³-hybridized carbons (Fsp3) is 0.385. The van der Waals surface area contributed by atoms with Gasteiger partial charge in [-0.1, -0.05) is 18.5 Å². The van der Waals surface area contributed by atoms with Crippen LogP contribution in [-0.2, 0) is 9.59 Å². The number of hydrogen-bond acceptors (Lipinski definition) is 3. The number of aliphatic hydroxyl groups excluding tert-OH is 1. The van der Waals surface area contributed by atoms with E-state index >= 15 is 0 Å². The lowest BCUT2D eigenvalue weighted by Gasteiger charge is -2.15. The number of halogens is 2. The van der Waals surface area contributed by atoms with E-state index in [2.05, 4.69) is 10.6 Å². The van der Waals surface area contributed by atoms with Crippen molar-refractivity contribution in [3.63, 3.8) is 0 Å². The maximum absolute atomic E-state index is 13.5. The van der Waals surface area contributed by atoms with Crippen LogP contribution >= 0.6 is 11.6 Å². The molecule has 2 amide bonds. The highest BCUT2D eigenvalue weighted by Crippen LogP contribution is 2.18. The van der Waals surface area contributed by atoms with Crippen LogP contribution in [0, 0.1) is 5.82 Å². The molecular formula is C13H16ClFN2O3. The Morgan fingerprint density at radius 3 is 2.65 bits per heavy atom. The van der Waals surface area contributed by atoms with Gasteiger partial charge in [-0.15, -0.1) is 0 Å². The van der Waals surface area contributed by atoms with Crippen molar-refractivity contribution in [1.29, 1.82) is 0 Å². The Kier molecular flexibility index (Phi) is 6.41. The first kappa shape index (κ1) is 16.4. The van der Waals surface area contributed by atoms with E-state index in [1.165, 1.54) is 12.1 Å². The average Bonchev–Trinajstić information content (AvgIpc) is 2.41. The number of benzene rings is 1. The third kappa shape index (κ3) is 4.79. The van der Waals surface area contributed by atoms with Gasteiger partial charge in [-0.2, -0.15) is 0 Å². The van der Waals surface area contributed by atoms with Gasteiger partial charge in [0, 0.05) is 17.7 Å². The first-order chi connectivity index (χ1) is 9.47. The summed E-state index contributed by atoms with van der Waals surface area (Å²) in [4.78, 5) is 23.2. The standard InChI is InChI=1S/C13H16ClFN2O3/c1-2-9(5-6-18)16-12(19)13(20)17-11-4-3-8(14)7-10(11)15/h3-4,7,9,18H,2,5-6H2,1H3,(H,16,19)(H,17,20). The van der Waals surface area contributed by atoms with E-state index in [9.17, 15) is 14.0 Å². The molecule has 0 saturated heterocycles. The molecular weight excluding hydrogens is 287 g/mol. The Bertz CT molecular complexity index is 497. The van der Waals surface area contributed by atoms with Gasteiger partial charge in [0.1, 0.15) is 5.82 Å². The number of anilines is 1. The minimum Gasteiger partial charge on any atom is -0.396 e. The largest absolute Gasteiger partial charge is 0.396 e. The first-order valence-corrected chi connectivity index (χ1v) is 6.53. The van der Waals surface area contributed by atoms with Crippen molar-refractivity contribution in [1.82, 2.24) is 5.32 Å². The monoisotopic (exact) mass is 302 g/mol. The maximum atomic E-state index is 13.5. The average molecular weight is 303 g/mol. The summed E-state index contributed by atoms with van der Waals surface area (Å²) in [6.45, 7) is 1.73. The van der Waals surface area contributed by atoms with Crippen molar-refractivity contribution in [2.45, 2.75) is 25.8 Å². The summed E-state index contributed by atoms with van der Waals surface area (Å²) in [6, 6.07) is 3.41. The van der Waals surface area contributed by atoms with E-state index < -0.39 is 17.6 Å². The van der Waals surface area contributed by atoms with Crippen molar-refractivity contribution in [3.05, 3.63) is 29.0 Å². The molecule has 0 heterocycles. The number of aliphatic hydroxyl groups is 1. The molecule has 1 aromatic rings. The lowest BCUT2D eigenvalue weighted by atomic mass is 10.1. The highest BCUT2D eigenvalue weighted by molar-refractivity contribution is 6.39. The van der Waals surface area contributed by atoms with Gasteiger partial charge in [0.2, 0.25) is 0 Å². The Morgan fingerprint density at radius 2 is 2.10 bits per heavy atom. The van der Waals surface area contributed by atoms with Gasteiger partial charge in [-0.05, 0) is 31.0 Å². The van der Waals surface area contributed by atoms with Crippen LogP contribution < -0.4 is 10.6 Å². The molecule has 0 bridgehead atoms. The normalized spacial score (nSPS) is 11.8. The van der Waals surface area contributed by atoms with Gasteiger partial charge in [0.15, 0.2) is 0 Å². The zero-order chi connectivity index (χ0) is 15.1. The van der Waals surface area contributed by atoms with Crippen molar-refractivity contribution in [2.24, 2.45) is 0 Å². The SMILES string of the molecule is CCC(CCO)NC(=O)C(=O)Nc1ccc(Cl)cc1F. The summed E-state index contributed by atoms with van der Waals surface area (Å²) in [6.07, 6.45) is 0.930. The predicted octanol–water partition coefficient (Wildman–Crippen LogP) is 1.69. The summed E-state index contributed by atoms with van der Waals surface area (Å²) in [5, 5.41) is 13.6. The second-order valence-corrected chi connectivity index (χ2v) is 4.61. The van der Waals surface area contributed by atoms with E-state index in [1.54, 1.807) is 0 Å². The van der Waals surface area contributed by atoms with Crippen molar-refractivity contribution in [2.75, 3.05) is 11.9 Å². The molecule has 1 atom stereocenters. The molecule has 0 spiro atoms. The van der Waals surface area contributed by atoms with Gasteiger partial charge < -0.3 is 15.7 Å². The molecule has 0 aliphatic carbocycles. The minimum absolute atomic E-state index is 0.0911. The molecule has 1 unspecified atom stereocenters. The second-order valence-electron chi connectivity index (χ2n) is 4.17. The minimum atomic E-state index is -0.970. The van der Waals surface area contributed by atoms with Crippen molar-refractivity contribution in [3.8, 4) is 0 Å². The van der Waals surface area contributed by atoms with E-state index in [0.29, 0.717) is 12.8 Å². The predicted molar refractivity (Wildman–Crippen MR) is 74.0 cm³/mol. The molecule has 3 N–H and O–H groups in total. The van der Waals surface area contributed by atoms with Crippen LogP contribution in [0.15, 0.2) is 18.2 Å². The Morgan fingerprint density at radius 1 is 1.40 bits per heavy atom. The van der Waals surface area contributed by atoms with Crippen LogP contribution in [0.1, 0.15) is 19.8 Å². The third-order valence-electron chi connectivity index (χ3n) is 2.69. The summed E-state index contributed by atoms with van der Waals surface area (Å²) >= 11 is 5.58. The lowest BCUT2D eigenvalue weighted by Crippen LogP contribution is -2.42. The van der Waals surface area contributed by atoms with Crippen LogP contribution in [0.25, 0.3) is 0 Å². The number of carbonyl (C=O) groups excluding carboxylic acids is 2. The molecule has 0 aromatic heterocycles. The summed E-state index contributed by atoms with van der Waals surface area (Å²) in [5.74, 6) is -2.57. The van der Waals surface area contributed by atoms with E-state index in [-0.39, 0.29) is 23.4 Å². The summed E-state index contributed by atoms with van der Waals surface area (Å²) in [7, 11) is 0. The van der Waals surface area contributed by atoms with Gasteiger partial charge >= 0.3 is 11.8 Å². The Labute approximate surface area is 121 Å².